The predicted molar refractivity (Wildman–Crippen MR) is 95.3 cm³/mol. The van der Waals surface area contributed by atoms with Crippen LogP contribution < -0.4 is 4.90 Å². The molecule has 0 aliphatic carbocycles. The number of aromatic nitrogens is 3. The highest BCUT2D eigenvalue weighted by Gasteiger charge is 2.23. The largest absolute Gasteiger partial charge is 0.352 e. The summed E-state index contributed by atoms with van der Waals surface area (Å²) in [6.07, 6.45) is 4.91. The molecule has 1 amide bonds. The molecule has 1 aliphatic rings. The van der Waals surface area contributed by atoms with Gasteiger partial charge in [-0.15, -0.1) is 0 Å². The highest BCUT2D eigenvalue weighted by Crippen LogP contribution is 2.29. The van der Waals surface area contributed by atoms with Gasteiger partial charge >= 0.3 is 0 Å². The molecular weight excluding hydrogens is 322 g/mol. The van der Waals surface area contributed by atoms with Gasteiger partial charge in [-0.3, -0.25) is 9.89 Å². The number of aryl methyl sites for hydroxylation is 1. The molecule has 0 saturated carbocycles. The van der Waals surface area contributed by atoms with Crippen molar-refractivity contribution >= 4 is 33.3 Å². The predicted octanol–water partition coefficient (Wildman–Crippen LogP) is 2.30. The summed E-state index contributed by atoms with van der Waals surface area (Å²) in [4.78, 5) is 16.6. The van der Waals surface area contributed by atoms with Crippen molar-refractivity contribution in [1.29, 1.82) is 0 Å². The van der Waals surface area contributed by atoms with Crippen LogP contribution in [0.5, 0.6) is 0 Å². The number of carbonyl (C=O) groups is 1. The van der Waals surface area contributed by atoms with Crippen molar-refractivity contribution in [3.63, 3.8) is 0 Å². The minimum Gasteiger partial charge on any atom is -0.352 e. The van der Waals surface area contributed by atoms with E-state index in [0.29, 0.717) is 6.42 Å². The normalized spacial score (nSPS) is 15.2. The first kappa shape index (κ1) is 15.1. The number of hydrogen-bond donors (Lipinski definition) is 1. The molecule has 0 spiro atoms. The molecule has 0 atom stereocenters. The zero-order valence-corrected chi connectivity index (χ0v) is 14.1. The van der Waals surface area contributed by atoms with Crippen molar-refractivity contribution in [2.24, 2.45) is 0 Å². The maximum Gasteiger partial charge on any atom is 0.223 e. The Bertz CT molecular complexity index is 821. The van der Waals surface area contributed by atoms with Crippen molar-refractivity contribution in [2.45, 2.75) is 12.8 Å². The van der Waals surface area contributed by atoms with E-state index in [2.05, 4.69) is 37.7 Å². The zero-order valence-electron chi connectivity index (χ0n) is 13.3. The standard InChI is InChI=1S/C17H19N5OS/c23-16(6-5-13-11-18-19-12-13)21-7-9-22(10-8-21)17-14-3-1-2-4-15(14)24-20-17/h1-4,11-12H,5-10H2,(H,18,19). The lowest BCUT2D eigenvalue weighted by Gasteiger charge is -2.35. The highest BCUT2D eigenvalue weighted by molar-refractivity contribution is 7.13. The molecule has 0 bridgehead atoms. The molecule has 4 rings (SSSR count). The van der Waals surface area contributed by atoms with Gasteiger partial charge in [0.1, 0.15) is 5.82 Å². The van der Waals surface area contributed by atoms with Gasteiger partial charge < -0.3 is 9.80 Å². The monoisotopic (exact) mass is 341 g/mol. The lowest BCUT2D eigenvalue weighted by atomic mass is 10.1. The summed E-state index contributed by atoms with van der Waals surface area (Å²) >= 11 is 1.54. The third-order valence-corrected chi connectivity index (χ3v) is 5.29. The van der Waals surface area contributed by atoms with E-state index >= 15 is 0 Å². The number of nitrogens with one attached hydrogen (secondary N) is 1. The fourth-order valence-electron chi connectivity index (χ4n) is 3.09. The summed E-state index contributed by atoms with van der Waals surface area (Å²) in [5.74, 6) is 1.28. The Labute approximate surface area is 144 Å². The summed E-state index contributed by atoms with van der Waals surface area (Å²) in [5.41, 5.74) is 1.08. The second-order valence-corrected chi connectivity index (χ2v) is 6.78. The van der Waals surface area contributed by atoms with Crippen LogP contribution in [0.1, 0.15) is 12.0 Å². The van der Waals surface area contributed by atoms with Gasteiger partial charge in [-0.05, 0) is 35.6 Å². The molecular formula is C17H19N5OS. The molecule has 124 valence electrons. The smallest absolute Gasteiger partial charge is 0.223 e. The van der Waals surface area contributed by atoms with Crippen molar-refractivity contribution in [3.8, 4) is 0 Å². The summed E-state index contributed by atoms with van der Waals surface area (Å²) in [5, 5.41) is 7.91. The van der Waals surface area contributed by atoms with Crippen LogP contribution in [-0.2, 0) is 11.2 Å². The third kappa shape index (κ3) is 2.99. The number of amides is 1. The minimum absolute atomic E-state index is 0.221. The van der Waals surface area contributed by atoms with Crippen LogP contribution in [0.3, 0.4) is 0 Å². The van der Waals surface area contributed by atoms with Crippen LogP contribution in [0, 0.1) is 0 Å². The molecule has 3 aromatic rings. The molecule has 6 nitrogen and oxygen atoms in total. The second-order valence-electron chi connectivity index (χ2n) is 5.98. The van der Waals surface area contributed by atoms with Crippen LogP contribution in [0.2, 0.25) is 0 Å². The molecule has 1 fully saturated rings. The van der Waals surface area contributed by atoms with E-state index in [1.165, 1.54) is 10.1 Å². The number of rotatable bonds is 4. The average molecular weight is 341 g/mol. The van der Waals surface area contributed by atoms with Gasteiger partial charge in [-0.1, -0.05) is 12.1 Å². The highest BCUT2D eigenvalue weighted by atomic mass is 32.1. The number of fused-ring (bicyclic) bond motifs is 1. The van der Waals surface area contributed by atoms with E-state index < -0.39 is 0 Å². The van der Waals surface area contributed by atoms with Crippen LogP contribution in [-0.4, -0.2) is 51.6 Å². The average Bonchev–Trinajstić information content (AvgIpc) is 3.29. The Morgan fingerprint density at radius 1 is 1.21 bits per heavy atom. The van der Waals surface area contributed by atoms with Gasteiger partial charge in [0, 0.05) is 44.2 Å². The molecule has 7 heteroatoms. The molecule has 1 aliphatic heterocycles. The fourth-order valence-corrected chi connectivity index (χ4v) is 3.89. The second kappa shape index (κ2) is 6.60. The molecule has 0 unspecified atom stereocenters. The molecule has 1 aromatic carbocycles. The van der Waals surface area contributed by atoms with E-state index in [-0.39, 0.29) is 5.91 Å². The number of piperazine rings is 1. The number of hydrogen-bond acceptors (Lipinski definition) is 5. The number of anilines is 1. The Hall–Kier alpha value is -2.41. The Morgan fingerprint density at radius 3 is 2.83 bits per heavy atom. The van der Waals surface area contributed by atoms with E-state index in [9.17, 15) is 4.79 Å². The molecule has 1 saturated heterocycles. The van der Waals surface area contributed by atoms with Crippen LogP contribution in [0.4, 0.5) is 5.82 Å². The maximum atomic E-state index is 12.4. The summed E-state index contributed by atoms with van der Waals surface area (Å²) in [6.45, 7) is 3.20. The van der Waals surface area contributed by atoms with Gasteiger partial charge in [0.25, 0.3) is 0 Å². The SMILES string of the molecule is O=C(CCc1cn[nH]c1)N1CCN(c2nsc3ccccc23)CC1. The van der Waals surface area contributed by atoms with Crippen molar-refractivity contribution < 1.29 is 4.79 Å². The van der Waals surface area contributed by atoms with Gasteiger partial charge in [0.15, 0.2) is 0 Å². The number of nitrogens with zero attached hydrogens (tertiary/aromatic N) is 4. The molecule has 0 radical (unpaired) electrons. The van der Waals surface area contributed by atoms with E-state index in [1.54, 1.807) is 17.7 Å². The van der Waals surface area contributed by atoms with Gasteiger partial charge in [0.2, 0.25) is 5.91 Å². The molecule has 2 aromatic heterocycles. The first-order valence-electron chi connectivity index (χ1n) is 8.16. The van der Waals surface area contributed by atoms with Crippen LogP contribution in [0.25, 0.3) is 10.1 Å². The fraction of sp³-hybridized carbons (Fsp3) is 0.353. The minimum atomic E-state index is 0.221. The van der Waals surface area contributed by atoms with Crippen molar-refractivity contribution in [1.82, 2.24) is 19.5 Å². The van der Waals surface area contributed by atoms with Gasteiger partial charge in [0.05, 0.1) is 10.9 Å². The van der Waals surface area contributed by atoms with Gasteiger partial charge in [-0.2, -0.15) is 9.47 Å². The van der Waals surface area contributed by atoms with E-state index in [1.807, 2.05) is 17.2 Å². The van der Waals surface area contributed by atoms with Gasteiger partial charge in [-0.25, -0.2) is 0 Å². The third-order valence-electron chi connectivity index (χ3n) is 4.47. The summed E-state index contributed by atoms with van der Waals surface area (Å²) < 4.78 is 5.83. The number of aromatic amines is 1. The first-order valence-corrected chi connectivity index (χ1v) is 8.93. The lowest BCUT2D eigenvalue weighted by Crippen LogP contribution is -2.49. The number of H-pyrrole nitrogens is 1. The number of benzene rings is 1. The van der Waals surface area contributed by atoms with E-state index in [4.69, 9.17) is 0 Å². The maximum absolute atomic E-state index is 12.4. The summed E-state index contributed by atoms with van der Waals surface area (Å²) in [6, 6.07) is 8.32. The Kier molecular flexibility index (Phi) is 4.17. The molecule has 1 N–H and O–H groups in total. The molecule has 24 heavy (non-hydrogen) atoms. The quantitative estimate of drug-likeness (QED) is 0.791. The Morgan fingerprint density at radius 2 is 2.04 bits per heavy atom. The topological polar surface area (TPSA) is 65.1 Å². The van der Waals surface area contributed by atoms with Crippen LogP contribution >= 0.6 is 11.5 Å². The number of carbonyl (C=O) groups excluding carboxylic acids is 1. The van der Waals surface area contributed by atoms with Crippen molar-refractivity contribution in [2.75, 3.05) is 31.1 Å². The zero-order chi connectivity index (χ0) is 16.4. The Balaban J connectivity index is 1.35. The molecule has 3 heterocycles. The van der Waals surface area contributed by atoms with Crippen LogP contribution in [0.15, 0.2) is 36.7 Å². The summed E-state index contributed by atoms with van der Waals surface area (Å²) in [7, 11) is 0. The first-order chi connectivity index (χ1) is 11.8. The van der Waals surface area contributed by atoms with Crippen molar-refractivity contribution in [3.05, 3.63) is 42.2 Å². The van der Waals surface area contributed by atoms with E-state index in [0.717, 1.165) is 44.0 Å². The lowest BCUT2D eigenvalue weighted by molar-refractivity contribution is -0.131.